The van der Waals surface area contributed by atoms with Crippen LogP contribution in [0.2, 0.25) is 0 Å². The molecule has 2 aromatic carbocycles. The zero-order valence-corrected chi connectivity index (χ0v) is 14.3. The van der Waals surface area contributed by atoms with E-state index in [2.05, 4.69) is 16.2 Å². The number of aryl methyl sites for hydroxylation is 2. The van der Waals surface area contributed by atoms with Gasteiger partial charge in [0.05, 0.1) is 19.2 Å². The minimum atomic E-state index is -0.670. The summed E-state index contributed by atoms with van der Waals surface area (Å²) in [6, 6.07) is 9.38. The summed E-state index contributed by atoms with van der Waals surface area (Å²) < 4.78 is 18.3. The van der Waals surface area contributed by atoms with Gasteiger partial charge in [-0.2, -0.15) is 0 Å². The third-order valence-corrected chi connectivity index (χ3v) is 3.54. The highest BCUT2D eigenvalue weighted by atomic mass is 19.1. The van der Waals surface area contributed by atoms with Gasteiger partial charge < -0.3 is 10.1 Å². The standard InChI is InChI=1S/C18H20FN3O3/c1-11-4-6-15(12(2)8-11)20-10-17(23)21-22-18(24)14-9-13(19)5-7-16(14)25-3/h4-9,20H,10H2,1-3H3,(H,21,23)(H,22,24). The van der Waals surface area contributed by atoms with Gasteiger partial charge in [0.25, 0.3) is 11.8 Å². The molecule has 0 aliphatic carbocycles. The minimum absolute atomic E-state index is 0.00913. The molecule has 0 saturated carbocycles. The van der Waals surface area contributed by atoms with Gasteiger partial charge >= 0.3 is 0 Å². The Morgan fingerprint density at radius 3 is 2.52 bits per heavy atom. The van der Waals surface area contributed by atoms with Crippen molar-refractivity contribution in [3.63, 3.8) is 0 Å². The molecule has 2 amide bonds. The average molecular weight is 345 g/mol. The SMILES string of the molecule is COc1ccc(F)cc1C(=O)NNC(=O)CNc1ccc(C)cc1C. The number of carbonyl (C=O) groups is 2. The summed E-state index contributed by atoms with van der Waals surface area (Å²) in [6.45, 7) is 3.90. The number of anilines is 1. The molecule has 0 atom stereocenters. The fraction of sp³-hybridized carbons (Fsp3) is 0.222. The first-order valence-electron chi connectivity index (χ1n) is 7.64. The van der Waals surface area contributed by atoms with E-state index in [1.54, 1.807) is 0 Å². The number of amides is 2. The second-order valence-electron chi connectivity index (χ2n) is 5.52. The zero-order valence-electron chi connectivity index (χ0n) is 14.3. The Labute approximate surface area is 145 Å². The van der Waals surface area contributed by atoms with E-state index in [0.717, 1.165) is 22.9 Å². The highest BCUT2D eigenvalue weighted by Gasteiger charge is 2.14. The molecule has 0 radical (unpaired) electrons. The van der Waals surface area contributed by atoms with Crippen LogP contribution in [0, 0.1) is 19.7 Å². The fourth-order valence-electron chi connectivity index (χ4n) is 2.28. The molecule has 0 bridgehead atoms. The maximum Gasteiger partial charge on any atom is 0.273 e. The molecule has 0 heterocycles. The van der Waals surface area contributed by atoms with Crippen LogP contribution >= 0.6 is 0 Å². The van der Waals surface area contributed by atoms with E-state index in [9.17, 15) is 14.0 Å². The lowest BCUT2D eigenvalue weighted by Gasteiger charge is -2.12. The molecular weight excluding hydrogens is 325 g/mol. The fourth-order valence-corrected chi connectivity index (χ4v) is 2.28. The number of nitrogens with one attached hydrogen (secondary N) is 3. The first-order chi connectivity index (χ1) is 11.9. The van der Waals surface area contributed by atoms with Crippen molar-refractivity contribution in [3.8, 4) is 5.75 Å². The lowest BCUT2D eigenvalue weighted by molar-refractivity contribution is -0.120. The Balaban J connectivity index is 1.89. The van der Waals surface area contributed by atoms with E-state index in [0.29, 0.717) is 0 Å². The maximum atomic E-state index is 13.3. The van der Waals surface area contributed by atoms with Crippen LogP contribution in [0.15, 0.2) is 36.4 Å². The third-order valence-electron chi connectivity index (χ3n) is 3.54. The minimum Gasteiger partial charge on any atom is -0.496 e. The van der Waals surface area contributed by atoms with Crippen molar-refractivity contribution >= 4 is 17.5 Å². The number of carbonyl (C=O) groups excluding carboxylic acids is 2. The van der Waals surface area contributed by atoms with E-state index < -0.39 is 17.6 Å². The van der Waals surface area contributed by atoms with Gasteiger partial charge in [0.2, 0.25) is 0 Å². The summed E-state index contributed by atoms with van der Waals surface area (Å²) in [5.41, 5.74) is 7.48. The van der Waals surface area contributed by atoms with Crippen molar-refractivity contribution in [2.24, 2.45) is 0 Å². The quantitative estimate of drug-likeness (QED) is 0.727. The largest absolute Gasteiger partial charge is 0.496 e. The van der Waals surface area contributed by atoms with Gasteiger partial charge in [0.15, 0.2) is 0 Å². The van der Waals surface area contributed by atoms with Crippen LogP contribution in [-0.2, 0) is 4.79 Å². The van der Waals surface area contributed by atoms with Gasteiger partial charge in [-0.1, -0.05) is 17.7 Å². The Morgan fingerprint density at radius 1 is 1.08 bits per heavy atom. The Hall–Kier alpha value is -3.09. The van der Waals surface area contributed by atoms with Crippen LogP contribution in [0.25, 0.3) is 0 Å². The van der Waals surface area contributed by atoms with Crippen molar-refractivity contribution in [2.75, 3.05) is 19.0 Å². The second kappa shape index (κ2) is 8.14. The number of ether oxygens (including phenoxy) is 1. The highest BCUT2D eigenvalue weighted by molar-refractivity contribution is 5.98. The van der Waals surface area contributed by atoms with Crippen molar-refractivity contribution in [1.82, 2.24) is 10.9 Å². The summed E-state index contributed by atoms with van der Waals surface area (Å²) in [6.07, 6.45) is 0. The van der Waals surface area contributed by atoms with E-state index in [1.807, 2.05) is 32.0 Å². The predicted molar refractivity (Wildman–Crippen MR) is 93.0 cm³/mol. The summed E-state index contributed by atoms with van der Waals surface area (Å²) in [5, 5.41) is 2.99. The summed E-state index contributed by atoms with van der Waals surface area (Å²) in [4.78, 5) is 23.9. The van der Waals surface area contributed by atoms with Gasteiger partial charge in [-0.25, -0.2) is 4.39 Å². The van der Waals surface area contributed by atoms with Crippen LogP contribution < -0.4 is 20.9 Å². The average Bonchev–Trinajstić information content (AvgIpc) is 2.58. The number of hydrazine groups is 1. The summed E-state index contributed by atoms with van der Waals surface area (Å²) in [5.74, 6) is -1.48. The van der Waals surface area contributed by atoms with Gasteiger partial charge in [-0.3, -0.25) is 20.4 Å². The topological polar surface area (TPSA) is 79.5 Å². The van der Waals surface area contributed by atoms with Crippen LogP contribution in [0.3, 0.4) is 0 Å². The molecule has 7 heteroatoms. The van der Waals surface area contributed by atoms with Crippen molar-refractivity contribution in [1.29, 1.82) is 0 Å². The second-order valence-corrected chi connectivity index (χ2v) is 5.52. The monoisotopic (exact) mass is 345 g/mol. The van der Waals surface area contributed by atoms with Crippen LogP contribution in [0.1, 0.15) is 21.5 Å². The maximum absolute atomic E-state index is 13.3. The molecule has 0 aliphatic heterocycles. The molecule has 0 unspecified atom stereocenters. The van der Waals surface area contributed by atoms with Crippen LogP contribution in [-0.4, -0.2) is 25.5 Å². The van der Waals surface area contributed by atoms with Crippen LogP contribution in [0.5, 0.6) is 5.75 Å². The molecule has 0 aliphatic rings. The summed E-state index contributed by atoms with van der Waals surface area (Å²) >= 11 is 0. The first-order valence-corrected chi connectivity index (χ1v) is 7.64. The first kappa shape index (κ1) is 18.3. The van der Waals surface area contributed by atoms with Crippen molar-refractivity contribution < 1.29 is 18.7 Å². The zero-order chi connectivity index (χ0) is 18.4. The van der Waals surface area contributed by atoms with E-state index >= 15 is 0 Å². The highest BCUT2D eigenvalue weighted by Crippen LogP contribution is 2.19. The normalized spacial score (nSPS) is 10.1. The molecule has 0 aromatic heterocycles. The molecular formula is C18H20FN3O3. The molecule has 0 fully saturated rings. The molecule has 6 nitrogen and oxygen atoms in total. The lowest BCUT2D eigenvalue weighted by atomic mass is 10.1. The van der Waals surface area contributed by atoms with E-state index in [1.165, 1.54) is 19.2 Å². The van der Waals surface area contributed by atoms with Gasteiger partial charge in [-0.05, 0) is 43.7 Å². The summed E-state index contributed by atoms with van der Waals surface area (Å²) in [7, 11) is 1.37. The number of hydrogen-bond acceptors (Lipinski definition) is 4. The van der Waals surface area contributed by atoms with Gasteiger partial charge in [-0.15, -0.1) is 0 Å². The Kier molecular flexibility index (Phi) is 5.94. The van der Waals surface area contributed by atoms with E-state index in [-0.39, 0.29) is 17.9 Å². The van der Waals surface area contributed by atoms with Gasteiger partial charge in [0, 0.05) is 5.69 Å². The number of methoxy groups -OCH3 is 1. The van der Waals surface area contributed by atoms with Crippen LogP contribution in [0.4, 0.5) is 10.1 Å². The number of benzene rings is 2. The Bertz CT molecular complexity index is 793. The smallest absolute Gasteiger partial charge is 0.273 e. The molecule has 0 saturated heterocycles. The predicted octanol–water partition coefficient (Wildman–Crippen LogP) is 2.32. The molecule has 0 spiro atoms. The molecule has 132 valence electrons. The van der Waals surface area contributed by atoms with Gasteiger partial charge in [0.1, 0.15) is 11.6 Å². The number of rotatable bonds is 5. The molecule has 2 aromatic rings. The lowest BCUT2D eigenvalue weighted by Crippen LogP contribution is -2.44. The Morgan fingerprint density at radius 2 is 1.84 bits per heavy atom. The van der Waals surface area contributed by atoms with Crippen molar-refractivity contribution in [2.45, 2.75) is 13.8 Å². The van der Waals surface area contributed by atoms with Crippen molar-refractivity contribution in [3.05, 3.63) is 58.9 Å². The van der Waals surface area contributed by atoms with E-state index in [4.69, 9.17) is 4.74 Å². The third kappa shape index (κ3) is 4.94. The molecule has 3 N–H and O–H groups in total. The molecule has 25 heavy (non-hydrogen) atoms. The number of hydrogen-bond donors (Lipinski definition) is 3. The number of halogens is 1. The molecule has 2 rings (SSSR count).